The Hall–Kier alpha value is -1.17. The Kier molecular flexibility index (Phi) is 7.08. The largest absolute Gasteiger partial charge is 0.478 e. The van der Waals surface area contributed by atoms with Crippen molar-refractivity contribution < 1.29 is 15.0 Å². The van der Waals surface area contributed by atoms with E-state index in [-0.39, 0.29) is 6.61 Å². The first-order valence-electron chi connectivity index (χ1n) is 6.21. The SMILES string of the molecule is Cc1c(Br)cccc1C(=O)O.Cc1c(Br)cccc1CO. The average molecular weight is 416 g/mol. The van der Waals surface area contributed by atoms with E-state index in [1.54, 1.807) is 19.1 Å². The van der Waals surface area contributed by atoms with Crippen LogP contribution in [0.2, 0.25) is 0 Å². The summed E-state index contributed by atoms with van der Waals surface area (Å²) in [6, 6.07) is 10.9. The molecule has 2 N–H and O–H groups in total. The van der Waals surface area contributed by atoms with Crippen LogP contribution in [-0.2, 0) is 6.61 Å². The highest BCUT2D eigenvalue weighted by molar-refractivity contribution is 9.10. The van der Waals surface area contributed by atoms with Gasteiger partial charge in [0.1, 0.15) is 0 Å². The summed E-state index contributed by atoms with van der Waals surface area (Å²) in [5.41, 5.74) is 3.21. The number of carbonyl (C=O) groups is 1. The summed E-state index contributed by atoms with van der Waals surface area (Å²) in [6.07, 6.45) is 0. The molecule has 0 saturated carbocycles. The van der Waals surface area contributed by atoms with E-state index in [9.17, 15) is 4.79 Å². The van der Waals surface area contributed by atoms with Crippen LogP contribution in [0.5, 0.6) is 0 Å². The van der Waals surface area contributed by atoms with Crippen LogP contribution < -0.4 is 0 Å². The monoisotopic (exact) mass is 414 g/mol. The maximum atomic E-state index is 10.6. The molecule has 0 aliphatic carbocycles. The molecule has 0 atom stereocenters. The van der Waals surface area contributed by atoms with Gasteiger partial charge in [0.2, 0.25) is 0 Å². The molecule has 2 aromatic carbocycles. The van der Waals surface area contributed by atoms with Gasteiger partial charge in [-0.15, -0.1) is 0 Å². The number of rotatable bonds is 2. The van der Waals surface area contributed by atoms with Gasteiger partial charge in [-0.05, 0) is 48.7 Å². The molecule has 0 aliphatic rings. The van der Waals surface area contributed by atoms with E-state index in [0.717, 1.165) is 25.6 Å². The predicted molar refractivity (Wildman–Crippen MR) is 90.6 cm³/mol. The smallest absolute Gasteiger partial charge is 0.335 e. The van der Waals surface area contributed by atoms with Crippen LogP contribution >= 0.6 is 31.9 Å². The molecule has 112 valence electrons. The van der Waals surface area contributed by atoms with Crippen molar-refractivity contribution >= 4 is 37.8 Å². The van der Waals surface area contributed by atoms with Crippen molar-refractivity contribution in [3.8, 4) is 0 Å². The van der Waals surface area contributed by atoms with Crippen molar-refractivity contribution in [3.05, 3.63) is 67.6 Å². The van der Waals surface area contributed by atoms with Gasteiger partial charge in [0.05, 0.1) is 12.2 Å². The van der Waals surface area contributed by atoms with E-state index in [0.29, 0.717) is 5.56 Å². The van der Waals surface area contributed by atoms with Crippen LogP contribution in [0.25, 0.3) is 0 Å². The van der Waals surface area contributed by atoms with Crippen molar-refractivity contribution in [2.75, 3.05) is 0 Å². The zero-order chi connectivity index (χ0) is 16.0. The molecule has 2 rings (SSSR count). The molecule has 0 amide bonds. The number of hydrogen-bond donors (Lipinski definition) is 2. The van der Waals surface area contributed by atoms with Gasteiger partial charge in [-0.2, -0.15) is 0 Å². The van der Waals surface area contributed by atoms with E-state index in [1.165, 1.54) is 0 Å². The van der Waals surface area contributed by atoms with E-state index in [2.05, 4.69) is 31.9 Å². The molecule has 3 nitrogen and oxygen atoms in total. The molecule has 0 aliphatic heterocycles. The maximum absolute atomic E-state index is 10.6. The quantitative estimate of drug-likeness (QED) is 0.746. The van der Waals surface area contributed by atoms with Crippen LogP contribution in [-0.4, -0.2) is 16.2 Å². The van der Waals surface area contributed by atoms with E-state index >= 15 is 0 Å². The molecule has 21 heavy (non-hydrogen) atoms. The lowest BCUT2D eigenvalue weighted by atomic mass is 10.1. The first kappa shape index (κ1) is 17.9. The number of hydrogen-bond acceptors (Lipinski definition) is 2. The maximum Gasteiger partial charge on any atom is 0.335 e. The molecule has 0 bridgehead atoms. The van der Waals surface area contributed by atoms with Gasteiger partial charge >= 0.3 is 5.97 Å². The topological polar surface area (TPSA) is 57.5 Å². The summed E-state index contributed by atoms with van der Waals surface area (Å²) in [6.45, 7) is 3.87. The van der Waals surface area contributed by atoms with Gasteiger partial charge < -0.3 is 10.2 Å². The molecular formula is C16H16Br2O3. The molecule has 2 aromatic rings. The van der Waals surface area contributed by atoms with Crippen LogP contribution in [0, 0.1) is 13.8 Å². The molecule has 0 aromatic heterocycles. The van der Waals surface area contributed by atoms with Gasteiger partial charge in [0.15, 0.2) is 0 Å². The predicted octanol–water partition coefficient (Wildman–Crippen LogP) is 4.71. The summed E-state index contributed by atoms with van der Waals surface area (Å²) in [5, 5.41) is 17.5. The zero-order valence-corrected chi connectivity index (χ0v) is 14.9. The molecule has 0 saturated heterocycles. The minimum atomic E-state index is -0.885. The number of halogens is 2. The van der Waals surface area contributed by atoms with Gasteiger partial charge in [-0.1, -0.05) is 50.1 Å². The number of aliphatic hydroxyl groups is 1. The molecule has 5 heteroatoms. The fraction of sp³-hybridized carbons (Fsp3) is 0.188. The van der Waals surface area contributed by atoms with Crippen molar-refractivity contribution in [2.45, 2.75) is 20.5 Å². The minimum absolute atomic E-state index is 0.116. The second-order valence-electron chi connectivity index (χ2n) is 4.40. The summed E-state index contributed by atoms with van der Waals surface area (Å²) in [5.74, 6) is -0.885. The Morgan fingerprint density at radius 2 is 1.52 bits per heavy atom. The average Bonchev–Trinajstić information content (AvgIpc) is 2.45. The molecule has 0 fully saturated rings. The van der Waals surface area contributed by atoms with Gasteiger partial charge in [0, 0.05) is 8.95 Å². The highest BCUT2D eigenvalue weighted by Gasteiger charge is 2.07. The lowest BCUT2D eigenvalue weighted by molar-refractivity contribution is 0.0696. The van der Waals surface area contributed by atoms with Crippen LogP contribution in [0.1, 0.15) is 27.0 Å². The van der Waals surface area contributed by atoms with Crippen molar-refractivity contribution in [1.82, 2.24) is 0 Å². The van der Waals surface area contributed by atoms with Crippen molar-refractivity contribution in [1.29, 1.82) is 0 Å². The summed E-state index contributed by atoms with van der Waals surface area (Å²) in [7, 11) is 0. The molecule has 0 spiro atoms. The zero-order valence-electron chi connectivity index (χ0n) is 11.7. The molecule has 0 radical (unpaired) electrons. The van der Waals surface area contributed by atoms with Crippen LogP contribution in [0.3, 0.4) is 0 Å². The van der Waals surface area contributed by atoms with E-state index in [1.807, 2.05) is 31.2 Å². The lowest BCUT2D eigenvalue weighted by Gasteiger charge is -2.02. The number of aromatic carboxylic acids is 1. The second-order valence-corrected chi connectivity index (χ2v) is 6.11. The van der Waals surface area contributed by atoms with E-state index < -0.39 is 5.97 Å². The third-order valence-corrected chi connectivity index (χ3v) is 4.77. The fourth-order valence-corrected chi connectivity index (χ4v) is 2.44. The summed E-state index contributed by atoms with van der Waals surface area (Å²) in [4.78, 5) is 10.6. The fourth-order valence-electron chi connectivity index (χ4n) is 1.66. The Balaban J connectivity index is 0.000000211. The Morgan fingerprint density at radius 3 is 1.95 bits per heavy atom. The third-order valence-electron chi connectivity index (χ3n) is 3.05. The third kappa shape index (κ3) is 4.95. The Labute approximate surface area is 140 Å². The molecule has 0 unspecified atom stereocenters. The number of aliphatic hydroxyl groups excluding tert-OH is 1. The number of carboxylic acid groups (broad SMARTS) is 1. The van der Waals surface area contributed by atoms with Crippen LogP contribution in [0.15, 0.2) is 45.3 Å². The van der Waals surface area contributed by atoms with Crippen molar-refractivity contribution in [2.24, 2.45) is 0 Å². The Morgan fingerprint density at radius 1 is 1.00 bits per heavy atom. The van der Waals surface area contributed by atoms with Gasteiger partial charge in [-0.3, -0.25) is 0 Å². The first-order chi connectivity index (χ1) is 9.88. The lowest BCUT2D eigenvalue weighted by Crippen LogP contribution is -1.99. The Bertz CT molecular complexity index is 639. The first-order valence-corrected chi connectivity index (χ1v) is 7.80. The summed E-state index contributed by atoms with van der Waals surface area (Å²) >= 11 is 6.63. The standard InChI is InChI=1S/C8H7BrO2.C8H9BrO/c1-5-6(8(10)11)3-2-4-7(5)9;1-6-7(5-10)3-2-4-8(6)9/h2-4H,1H3,(H,10,11);2-4,10H,5H2,1H3. The number of carboxylic acids is 1. The highest BCUT2D eigenvalue weighted by Crippen LogP contribution is 2.19. The summed E-state index contributed by atoms with van der Waals surface area (Å²) < 4.78 is 1.89. The van der Waals surface area contributed by atoms with Crippen molar-refractivity contribution in [3.63, 3.8) is 0 Å². The second kappa shape index (κ2) is 8.32. The minimum Gasteiger partial charge on any atom is -0.478 e. The number of benzene rings is 2. The van der Waals surface area contributed by atoms with Gasteiger partial charge in [-0.25, -0.2) is 4.79 Å². The normalized spacial score (nSPS) is 9.76. The van der Waals surface area contributed by atoms with Gasteiger partial charge in [0.25, 0.3) is 0 Å². The van der Waals surface area contributed by atoms with Crippen LogP contribution in [0.4, 0.5) is 0 Å². The highest BCUT2D eigenvalue weighted by atomic mass is 79.9. The van der Waals surface area contributed by atoms with E-state index in [4.69, 9.17) is 10.2 Å². The molecule has 0 heterocycles. The molecular weight excluding hydrogens is 400 g/mol.